The molecule has 1 heterocycles. The Morgan fingerprint density at radius 3 is 1.33 bits per heavy atom. The van der Waals surface area contributed by atoms with Crippen LogP contribution in [-0.2, 0) is 14.3 Å². The van der Waals surface area contributed by atoms with Crippen molar-refractivity contribution in [1.82, 2.24) is 0 Å². The molecule has 1 aliphatic carbocycles. The minimum absolute atomic E-state index is 0.00814. The van der Waals surface area contributed by atoms with Crippen LogP contribution in [0.5, 0.6) is 0 Å². The van der Waals surface area contributed by atoms with Crippen molar-refractivity contribution in [2.75, 3.05) is 13.2 Å². The fourth-order valence-electron chi connectivity index (χ4n) is 3.52. The van der Waals surface area contributed by atoms with Crippen molar-refractivity contribution in [3.8, 4) is 0 Å². The summed E-state index contributed by atoms with van der Waals surface area (Å²) in [7, 11) is 0. The van der Waals surface area contributed by atoms with Crippen molar-refractivity contribution in [1.29, 1.82) is 0 Å². The van der Waals surface area contributed by atoms with Gasteiger partial charge in [0.25, 0.3) is 0 Å². The Balaban J connectivity index is 2.07. The summed E-state index contributed by atoms with van der Waals surface area (Å²) in [6.07, 6.45) is 0. The first-order chi connectivity index (χ1) is 10.3. The molecule has 21 heavy (non-hydrogen) atoms. The second-order valence-corrected chi connectivity index (χ2v) is 5.55. The summed E-state index contributed by atoms with van der Waals surface area (Å²) >= 11 is 0. The molecule has 2 aromatic rings. The average Bonchev–Trinajstić information content (AvgIpc) is 2.59. The van der Waals surface area contributed by atoms with Crippen LogP contribution in [0.4, 0.5) is 0 Å². The van der Waals surface area contributed by atoms with E-state index in [0.29, 0.717) is 0 Å². The predicted molar refractivity (Wildman–Crippen MR) is 77.4 cm³/mol. The van der Waals surface area contributed by atoms with Crippen LogP contribution < -0.4 is 0 Å². The third-order valence-electron chi connectivity index (χ3n) is 4.37. The standard InChI is InChI=1S/C18H14O3/c19-15-9-21-10-16(20)18-12-6-2-1-5-11(12)17(15)13-7-3-4-8-14(13)18/h1-8,17-18H,9-10H2. The zero-order chi connectivity index (χ0) is 14.4. The minimum Gasteiger partial charge on any atom is -0.366 e. The predicted octanol–water partition coefficient (Wildman–Crippen LogP) is 2.43. The summed E-state index contributed by atoms with van der Waals surface area (Å²) in [5.41, 5.74) is 3.80. The van der Waals surface area contributed by atoms with Crippen molar-refractivity contribution in [3.63, 3.8) is 0 Å². The molecule has 104 valence electrons. The Hall–Kier alpha value is -2.26. The molecule has 3 heteroatoms. The largest absolute Gasteiger partial charge is 0.366 e. The highest BCUT2D eigenvalue weighted by atomic mass is 16.5. The first-order valence-corrected chi connectivity index (χ1v) is 7.08. The van der Waals surface area contributed by atoms with Gasteiger partial charge in [0, 0.05) is 0 Å². The summed E-state index contributed by atoms with van der Waals surface area (Å²) in [5.74, 6) is -0.606. The number of Topliss-reactive ketones (excluding diaryl/α,β-unsaturated/α-hetero) is 2. The molecule has 0 radical (unpaired) electrons. The molecule has 0 N–H and O–H groups in total. The smallest absolute Gasteiger partial charge is 0.170 e. The van der Waals surface area contributed by atoms with Crippen LogP contribution in [-0.4, -0.2) is 24.8 Å². The fraction of sp³-hybridized carbons (Fsp3) is 0.222. The summed E-state index contributed by atoms with van der Waals surface area (Å²) in [5, 5.41) is 0. The number of rotatable bonds is 0. The summed E-state index contributed by atoms with van der Waals surface area (Å²) in [4.78, 5) is 25.1. The van der Waals surface area contributed by atoms with Gasteiger partial charge in [-0.25, -0.2) is 0 Å². The Labute approximate surface area is 122 Å². The van der Waals surface area contributed by atoms with Gasteiger partial charge in [0.15, 0.2) is 11.6 Å². The maximum absolute atomic E-state index is 12.6. The number of benzene rings is 2. The summed E-state index contributed by atoms with van der Waals surface area (Å²) in [6, 6.07) is 15.5. The normalized spacial score (nSPS) is 23.8. The van der Waals surface area contributed by atoms with Crippen LogP contribution >= 0.6 is 0 Å². The average molecular weight is 278 g/mol. The number of carbonyl (C=O) groups is 2. The molecule has 0 spiro atoms. The van der Waals surface area contributed by atoms with Crippen LogP contribution in [0.2, 0.25) is 0 Å². The maximum atomic E-state index is 12.6. The van der Waals surface area contributed by atoms with Crippen LogP contribution in [0.3, 0.4) is 0 Å². The number of carbonyl (C=O) groups excluding carboxylic acids is 2. The van der Waals surface area contributed by atoms with E-state index in [4.69, 9.17) is 4.74 Å². The second kappa shape index (κ2) is 4.64. The molecule has 0 atom stereocenters. The number of fused-ring (bicyclic) bond motifs is 3. The lowest BCUT2D eigenvalue weighted by Gasteiger charge is -2.31. The van der Waals surface area contributed by atoms with Gasteiger partial charge in [-0.1, -0.05) is 48.5 Å². The Morgan fingerprint density at radius 2 is 1.00 bits per heavy atom. The van der Waals surface area contributed by atoms with Crippen LogP contribution in [0.25, 0.3) is 0 Å². The first kappa shape index (κ1) is 12.5. The maximum Gasteiger partial charge on any atom is 0.170 e. The van der Waals surface area contributed by atoms with Crippen molar-refractivity contribution in [2.45, 2.75) is 11.8 Å². The van der Waals surface area contributed by atoms with Crippen LogP contribution in [0.1, 0.15) is 34.1 Å². The van der Waals surface area contributed by atoms with Gasteiger partial charge in [0.1, 0.15) is 13.2 Å². The van der Waals surface area contributed by atoms with E-state index in [1.54, 1.807) is 0 Å². The third-order valence-corrected chi connectivity index (χ3v) is 4.37. The Bertz CT molecular complexity index is 638. The van der Waals surface area contributed by atoms with Gasteiger partial charge in [-0.05, 0) is 22.3 Å². The molecular formula is C18H14O3. The van der Waals surface area contributed by atoms with E-state index in [2.05, 4.69) is 0 Å². The molecule has 0 saturated carbocycles. The van der Waals surface area contributed by atoms with Gasteiger partial charge < -0.3 is 4.74 Å². The van der Waals surface area contributed by atoms with Gasteiger partial charge >= 0.3 is 0 Å². The molecule has 2 aliphatic rings. The minimum atomic E-state index is -0.320. The first-order valence-electron chi connectivity index (χ1n) is 7.08. The lowest BCUT2D eigenvalue weighted by atomic mass is 9.70. The van der Waals surface area contributed by atoms with Gasteiger partial charge in [-0.3, -0.25) is 9.59 Å². The van der Waals surface area contributed by atoms with E-state index >= 15 is 0 Å². The lowest BCUT2D eigenvalue weighted by molar-refractivity contribution is -0.128. The lowest BCUT2D eigenvalue weighted by Crippen LogP contribution is -2.26. The number of ketones is 2. The third kappa shape index (κ3) is 1.78. The summed E-state index contributed by atoms with van der Waals surface area (Å²) in [6.45, 7) is -0.0163. The number of ether oxygens (including phenoxy) is 1. The molecule has 1 aliphatic heterocycles. The highest BCUT2D eigenvalue weighted by Gasteiger charge is 2.39. The zero-order valence-corrected chi connectivity index (χ0v) is 11.4. The van der Waals surface area contributed by atoms with E-state index in [1.165, 1.54) is 0 Å². The molecule has 0 amide bonds. The fourth-order valence-corrected chi connectivity index (χ4v) is 3.52. The Morgan fingerprint density at radius 1 is 0.667 bits per heavy atom. The quantitative estimate of drug-likeness (QED) is 0.743. The highest BCUT2D eigenvalue weighted by Crippen LogP contribution is 2.44. The molecular weight excluding hydrogens is 264 g/mol. The van der Waals surface area contributed by atoms with E-state index in [-0.39, 0.29) is 36.6 Å². The topological polar surface area (TPSA) is 43.4 Å². The molecule has 0 aromatic heterocycles. The number of hydrogen-bond acceptors (Lipinski definition) is 3. The van der Waals surface area contributed by atoms with Crippen molar-refractivity contribution in [3.05, 3.63) is 70.8 Å². The van der Waals surface area contributed by atoms with Gasteiger partial charge in [0.2, 0.25) is 0 Å². The molecule has 0 unspecified atom stereocenters. The van der Waals surface area contributed by atoms with Gasteiger partial charge in [0.05, 0.1) is 11.8 Å². The van der Waals surface area contributed by atoms with E-state index < -0.39 is 0 Å². The SMILES string of the molecule is O=C1COCC(=O)C2c3ccccc3C1c1ccccc12. The molecule has 0 saturated heterocycles. The van der Waals surface area contributed by atoms with Crippen LogP contribution in [0, 0.1) is 0 Å². The van der Waals surface area contributed by atoms with E-state index in [0.717, 1.165) is 22.3 Å². The van der Waals surface area contributed by atoms with Crippen LogP contribution in [0.15, 0.2) is 48.5 Å². The van der Waals surface area contributed by atoms with Gasteiger partial charge in [-0.2, -0.15) is 0 Å². The molecule has 4 rings (SSSR count). The van der Waals surface area contributed by atoms with Crippen molar-refractivity contribution >= 4 is 11.6 Å². The Kier molecular flexibility index (Phi) is 2.76. The van der Waals surface area contributed by atoms with E-state index in [1.807, 2.05) is 48.5 Å². The number of hydrogen-bond donors (Lipinski definition) is 0. The highest BCUT2D eigenvalue weighted by molar-refractivity contribution is 5.98. The molecule has 0 fully saturated rings. The monoisotopic (exact) mass is 278 g/mol. The van der Waals surface area contributed by atoms with Crippen molar-refractivity contribution in [2.24, 2.45) is 0 Å². The van der Waals surface area contributed by atoms with Gasteiger partial charge in [-0.15, -0.1) is 0 Å². The molecule has 2 bridgehead atoms. The zero-order valence-electron chi connectivity index (χ0n) is 11.4. The molecule has 3 nitrogen and oxygen atoms in total. The molecule has 2 aromatic carbocycles. The van der Waals surface area contributed by atoms with Crippen molar-refractivity contribution < 1.29 is 14.3 Å². The summed E-state index contributed by atoms with van der Waals surface area (Å²) < 4.78 is 5.32. The van der Waals surface area contributed by atoms with E-state index in [9.17, 15) is 9.59 Å². The second-order valence-electron chi connectivity index (χ2n) is 5.55.